The van der Waals surface area contributed by atoms with Crippen molar-refractivity contribution in [3.05, 3.63) is 40.4 Å². The first-order chi connectivity index (χ1) is 12.3. The molecule has 0 bridgehead atoms. The molecule has 132 valence electrons. The molecular weight excluding hydrogens is 374 g/mol. The smallest absolute Gasteiger partial charge is 0.163 e. The van der Waals surface area contributed by atoms with Gasteiger partial charge in [0.1, 0.15) is 11.6 Å². The van der Waals surface area contributed by atoms with Crippen LogP contribution in [0.25, 0.3) is 11.4 Å². The van der Waals surface area contributed by atoms with Gasteiger partial charge < -0.3 is 0 Å². The largest absolute Gasteiger partial charge is 0.217 e. The molecule has 0 atom stereocenters. The zero-order valence-electron chi connectivity index (χ0n) is 14.8. The maximum atomic E-state index is 4.99. The lowest BCUT2D eigenvalue weighted by Gasteiger charge is -2.24. The normalized spacial score (nSPS) is 19.9. The third-order valence-electron chi connectivity index (χ3n) is 5.71. The Morgan fingerprint density at radius 1 is 0.640 bits per heavy atom. The van der Waals surface area contributed by atoms with E-state index in [1.807, 2.05) is 0 Å². The van der Waals surface area contributed by atoms with Crippen molar-refractivity contribution in [2.75, 3.05) is 0 Å². The van der Waals surface area contributed by atoms with E-state index in [1.165, 1.54) is 64.2 Å². The number of nitrogens with zero attached hydrogens (tertiary/aromatic N) is 3. The van der Waals surface area contributed by atoms with Gasteiger partial charge in [0.05, 0.1) is 0 Å². The molecule has 0 radical (unpaired) electrons. The van der Waals surface area contributed by atoms with Crippen LogP contribution in [-0.2, 0) is 0 Å². The van der Waals surface area contributed by atoms with Crippen LogP contribution >= 0.6 is 15.9 Å². The van der Waals surface area contributed by atoms with Crippen LogP contribution in [-0.4, -0.2) is 15.0 Å². The second-order valence-electron chi connectivity index (χ2n) is 7.55. The SMILES string of the molecule is Brc1ccc(-c2nc(C3CCCCC3)nc(C3CCCCC3)n2)cc1. The highest BCUT2D eigenvalue weighted by molar-refractivity contribution is 9.10. The molecule has 2 saturated carbocycles. The van der Waals surface area contributed by atoms with E-state index in [-0.39, 0.29) is 0 Å². The van der Waals surface area contributed by atoms with E-state index in [4.69, 9.17) is 15.0 Å². The summed E-state index contributed by atoms with van der Waals surface area (Å²) in [4.78, 5) is 14.8. The Morgan fingerprint density at radius 3 is 1.60 bits per heavy atom. The third kappa shape index (κ3) is 4.11. The molecule has 25 heavy (non-hydrogen) atoms. The van der Waals surface area contributed by atoms with Crippen molar-refractivity contribution >= 4 is 15.9 Å². The Hall–Kier alpha value is -1.29. The zero-order valence-corrected chi connectivity index (χ0v) is 16.3. The Bertz CT molecular complexity index is 665. The van der Waals surface area contributed by atoms with Crippen LogP contribution in [0.4, 0.5) is 0 Å². The number of rotatable bonds is 3. The zero-order chi connectivity index (χ0) is 17.1. The van der Waals surface area contributed by atoms with E-state index in [1.54, 1.807) is 0 Å². The van der Waals surface area contributed by atoms with Crippen molar-refractivity contribution in [1.82, 2.24) is 15.0 Å². The molecule has 1 aromatic carbocycles. The Balaban J connectivity index is 1.72. The van der Waals surface area contributed by atoms with Crippen molar-refractivity contribution in [2.24, 2.45) is 0 Å². The average molecular weight is 400 g/mol. The summed E-state index contributed by atoms with van der Waals surface area (Å²) < 4.78 is 1.09. The molecule has 0 amide bonds. The van der Waals surface area contributed by atoms with E-state index in [0.29, 0.717) is 11.8 Å². The van der Waals surface area contributed by atoms with Crippen LogP contribution in [0.1, 0.15) is 87.7 Å². The van der Waals surface area contributed by atoms with Crippen molar-refractivity contribution in [1.29, 1.82) is 0 Å². The van der Waals surface area contributed by atoms with Crippen molar-refractivity contribution < 1.29 is 0 Å². The van der Waals surface area contributed by atoms with Crippen LogP contribution in [0.15, 0.2) is 28.7 Å². The van der Waals surface area contributed by atoms with Crippen molar-refractivity contribution in [3.63, 3.8) is 0 Å². The first-order valence-corrected chi connectivity index (χ1v) is 10.6. The molecule has 1 aromatic heterocycles. The summed E-state index contributed by atoms with van der Waals surface area (Å²) in [6.07, 6.45) is 12.9. The molecular formula is C21H26BrN3. The van der Waals surface area contributed by atoms with Crippen LogP contribution < -0.4 is 0 Å². The molecule has 0 unspecified atom stereocenters. The Kier molecular flexibility index (Phi) is 5.45. The number of hydrogen-bond donors (Lipinski definition) is 0. The molecule has 0 N–H and O–H groups in total. The molecule has 2 aromatic rings. The maximum absolute atomic E-state index is 4.99. The fraction of sp³-hybridized carbons (Fsp3) is 0.571. The molecule has 2 fully saturated rings. The molecule has 4 heteroatoms. The van der Waals surface area contributed by atoms with Crippen LogP contribution in [0.3, 0.4) is 0 Å². The topological polar surface area (TPSA) is 38.7 Å². The van der Waals surface area contributed by atoms with Gasteiger partial charge in [-0.3, -0.25) is 0 Å². The molecule has 3 nitrogen and oxygen atoms in total. The second-order valence-corrected chi connectivity index (χ2v) is 8.47. The quantitative estimate of drug-likeness (QED) is 0.599. The van der Waals surface area contributed by atoms with Gasteiger partial charge in [-0.1, -0.05) is 66.6 Å². The van der Waals surface area contributed by atoms with Gasteiger partial charge in [-0.2, -0.15) is 0 Å². The predicted molar refractivity (Wildman–Crippen MR) is 105 cm³/mol. The Labute approximate surface area is 158 Å². The van der Waals surface area contributed by atoms with Crippen LogP contribution in [0, 0.1) is 0 Å². The van der Waals surface area contributed by atoms with E-state index in [0.717, 1.165) is 27.5 Å². The minimum Gasteiger partial charge on any atom is -0.217 e. The minimum atomic E-state index is 0.522. The summed E-state index contributed by atoms with van der Waals surface area (Å²) in [5.41, 5.74) is 1.10. The summed E-state index contributed by atoms with van der Waals surface area (Å²) in [5, 5.41) is 0. The van der Waals surface area contributed by atoms with Gasteiger partial charge in [0.15, 0.2) is 5.82 Å². The van der Waals surface area contributed by atoms with Gasteiger partial charge in [-0.25, -0.2) is 15.0 Å². The highest BCUT2D eigenvalue weighted by atomic mass is 79.9. The molecule has 1 heterocycles. The summed E-state index contributed by atoms with van der Waals surface area (Å²) >= 11 is 3.52. The van der Waals surface area contributed by atoms with Crippen LogP contribution in [0.2, 0.25) is 0 Å². The monoisotopic (exact) mass is 399 g/mol. The molecule has 0 spiro atoms. The molecule has 0 saturated heterocycles. The van der Waals surface area contributed by atoms with Crippen molar-refractivity contribution in [2.45, 2.75) is 76.0 Å². The predicted octanol–water partition coefficient (Wildman–Crippen LogP) is 6.40. The molecule has 0 aliphatic heterocycles. The van der Waals surface area contributed by atoms with Gasteiger partial charge in [0, 0.05) is 21.9 Å². The lowest BCUT2D eigenvalue weighted by Crippen LogP contribution is -2.16. The van der Waals surface area contributed by atoms with E-state index in [2.05, 4.69) is 40.2 Å². The molecule has 2 aliphatic carbocycles. The number of benzene rings is 1. The molecule has 2 aliphatic rings. The summed E-state index contributed by atoms with van der Waals surface area (Å²) in [7, 11) is 0. The molecule has 4 rings (SSSR count). The number of hydrogen-bond acceptors (Lipinski definition) is 3. The second kappa shape index (κ2) is 7.94. The van der Waals surface area contributed by atoms with Gasteiger partial charge >= 0.3 is 0 Å². The van der Waals surface area contributed by atoms with Gasteiger partial charge in [0.2, 0.25) is 0 Å². The first-order valence-electron chi connectivity index (χ1n) is 9.81. The van der Waals surface area contributed by atoms with Crippen LogP contribution in [0.5, 0.6) is 0 Å². The highest BCUT2D eigenvalue weighted by Gasteiger charge is 2.24. The van der Waals surface area contributed by atoms with E-state index >= 15 is 0 Å². The minimum absolute atomic E-state index is 0.522. The lowest BCUT2D eigenvalue weighted by atomic mass is 9.87. The summed E-state index contributed by atoms with van der Waals surface area (Å²) in [6, 6.07) is 8.35. The van der Waals surface area contributed by atoms with E-state index in [9.17, 15) is 0 Å². The summed E-state index contributed by atoms with van der Waals surface area (Å²) in [6.45, 7) is 0. The fourth-order valence-electron chi connectivity index (χ4n) is 4.22. The maximum Gasteiger partial charge on any atom is 0.163 e. The fourth-order valence-corrected chi connectivity index (χ4v) is 4.49. The highest BCUT2D eigenvalue weighted by Crippen LogP contribution is 2.35. The average Bonchev–Trinajstić information content (AvgIpc) is 2.69. The standard InChI is InChI=1S/C21H26BrN3/c22-18-13-11-17(12-14-18)21-24-19(15-7-3-1-4-8-15)23-20(25-21)16-9-5-2-6-10-16/h11-16H,1-10H2. The van der Waals surface area contributed by atoms with Gasteiger partial charge in [0.25, 0.3) is 0 Å². The summed E-state index contributed by atoms with van der Waals surface area (Å²) in [5.74, 6) is 4.01. The third-order valence-corrected chi connectivity index (χ3v) is 6.24. The van der Waals surface area contributed by atoms with Crippen molar-refractivity contribution in [3.8, 4) is 11.4 Å². The first kappa shape index (κ1) is 17.1. The van der Waals surface area contributed by atoms with Gasteiger partial charge in [-0.15, -0.1) is 0 Å². The lowest BCUT2D eigenvalue weighted by molar-refractivity contribution is 0.409. The van der Waals surface area contributed by atoms with Gasteiger partial charge in [-0.05, 0) is 37.8 Å². The van der Waals surface area contributed by atoms with E-state index < -0.39 is 0 Å². The number of halogens is 1. The Morgan fingerprint density at radius 2 is 1.12 bits per heavy atom. The number of aromatic nitrogens is 3.